The molecular formula is C18H25FeI. The van der Waals surface area contributed by atoms with Crippen molar-refractivity contribution in [1.82, 2.24) is 0 Å². The maximum Gasteiger partial charge on any atom is 2.00 e. The quantitative estimate of drug-likeness (QED) is 0.157. The summed E-state index contributed by atoms with van der Waals surface area (Å²) < 4.78 is 1.32. The van der Waals surface area contributed by atoms with Crippen molar-refractivity contribution in [3.05, 3.63) is 60.2 Å². The average molecular weight is 424 g/mol. The summed E-state index contributed by atoms with van der Waals surface area (Å²) in [5, 5.41) is 0. The number of aryl methyl sites for hydroxylation is 1. The maximum atomic E-state index is 2.46. The van der Waals surface area contributed by atoms with Gasteiger partial charge in [-0.25, -0.2) is 24.3 Å². The number of hydrogen-bond donors (Lipinski definition) is 0. The van der Waals surface area contributed by atoms with Crippen LogP contribution in [0.4, 0.5) is 0 Å². The van der Waals surface area contributed by atoms with Crippen LogP contribution in [-0.4, -0.2) is 4.43 Å². The van der Waals surface area contributed by atoms with Crippen molar-refractivity contribution in [3.8, 4) is 0 Å². The summed E-state index contributed by atoms with van der Waals surface area (Å²) in [6.07, 6.45) is 9.75. The summed E-state index contributed by atoms with van der Waals surface area (Å²) in [5.74, 6) is 0. The monoisotopic (exact) mass is 424 g/mol. The summed E-state index contributed by atoms with van der Waals surface area (Å²) in [6, 6.07) is 18.7. The molecule has 2 aromatic rings. The van der Waals surface area contributed by atoms with Gasteiger partial charge in [-0.3, -0.25) is 0 Å². The van der Waals surface area contributed by atoms with E-state index in [1.807, 2.05) is 30.3 Å². The Balaban J connectivity index is 0.000000507. The molecule has 0 atom stereocenters. The van der Waals surface area contributed by atoms with E-state index in [4.69, 9.17) is 0 Å². The largest absolute Gasteiger partial charge is 2.00 e. The first-order valence-electron chi connectivity index (χ1n) is 7.36. The minimum atomic E-state index is 0. The topological polar surface area (TPSA) is 0 Å². The molecule has 0 spiro atoms. The fourth-order valence-corrected chi connectivity index (χ4v) is 2.57. The van der Waals surface area contributed by atoms with Crippen molar-refractivity contribution in [1.29, 1.82) is 0 Å². The van der Waals surface area contributed by atoms with Crippen molar-refractivity contribution in [2.45, 2.75) is 44.9 Å². The van der Waals surface area contributed by atoms with Crippen LogP contribution in [0.5, 0.6) is 0 Å². The van der Waals surface area contributed by atoms with E-state index in [0.29, 0.717) is 0 Å². The van der Waals surface area contributed by atoms with Crippen molar-refractivity contribution < 1.29 is 17.1 Å². The minimum absolute atomic E-state index is 0. The number of halogens is 1. The zero-order valence-electron chi connectivity index (χ0n) is 12.1. The molecule has 0 aliphatic heterocycles. The van der Waals surface area contributed by atoms with Crippen molar-refractivity contribution in [2.24, 2.45) is 0 Å². The predicted molar refractivity (Wildman–Crippen MR) is 94.4 cm³/mol. The standard InChI is InChI=1S/C13H20I.C5H5.Fe/c14-12-8-4-2-1-3-5-9-13-10-6-7-11-13;1-2-4-5-3-1;/h6-7,10-11H,1-5,8-9,12H2;1-5H;/q2*-1;+2. The van der Waals surface area contributed by atoms with Crippen LogP contribution in [0, 0.1) is 0 Å². The molecule has 2 heteroatoms. The van der Waals surface area contributed by atoms with Gasteiger partial charge in [0.2, 0.25) is 0 Å². The average Bonchev–Trinajstić information content (AvgIpc) is 3.13. The van der Waals surface area contributed by atoms with Gasteiger partial charge in [-0.2, -0.15) is 35.9 Å². The molecular weight excluding hydrogens is 399 g/mol. The van der Waals surface area contributed by atoms with Crippen LogP contribution in [-0.2, 0) is 23.5 Å². The normalized spacial score (nSPS) is 9.45. The second-order valence-electron chi connectivity index (χ2n) is 4.82. The van der Waals surface area contributed by atoms with Crippen LogP contribution in [0.15, 0.2) is 54.6 Å². The van der Waals surface area contributed by atoms with Gasteiger partial charge in [-0.05, 0) is 10.8 Å². The Bertz CT molecular complexity index is 333. The van der Waals surface area contributed by atoms with Crippen LogP contribution in [0.3, 0.4) is 0 Å². The van der Waals surface area contributed by atoms with E-state index in [-0.39, 0.29) is 17.1 Å². The van der Waals surface area contributed by atoms with Gasteiger partial charge in [0, 0.05) is 0 Å². The fraction of sp³-hybridized carbons (Fsp3) is 0.444. The van der Waals surface area contributed by atoms with E-state index < -0.39 is 0 Å². The molecule has 0 fully saturated rings. The molecule has 0 aliphatic rings. The molecule has 0 aliphatic carbocycles. The second kappa shape index (κ2) is 15.3. The van der Waals surface area contributed by atoms with Crippen molar-refractivity contribution in [3.63, 3.8) is 0 Å². The Hall–Kier alpha value is -0.0505. The van der Waals surface area contributed by atoms with Gasteiger partial charge < -0.3 is 0 Å². The third-order valence-electron chi connectivity index (χ3n) is 3.14. The summed E-state index contributed by atoms with van der Waals surface area (Å²) in [7, 11) is 0. The van der Waals surface area contributed by atoms with Crippen molar-refractivity contribution in [2.75, 3.05) is 4.43 Å². The number of hydrogen-bond acceptors (Lipinski definition) is 0. The molecule has 0 heterocycles. The van der Waals surface area contributed by atoms with Crippen LogP contribution in [0.25, 0.3) is 0 Å². The fourth-order valence-electron chi connectivity index (χ4n) is 2.03. The Morgan fingerprint density at radius 3 is 1.95 bits per heavy atom. The number of alkyl halides is 1. The zero-order chi connectivity index (χ0) is 13.6. The Labute approximate surface area is 148 Å². The molecule has 0 bridgehead atoms. The zero-order valence-corrected chi connectivity index (χ0v) is 15.3. The molecule has 0 nitrogen and oxygen atoms in total. The molecule has 2 aromatic carbocycles. The Kier molecular flexibility index (Phi) is 15.3. The molecule has 2 rings (SSSR count). The first kappa shape index (κ1) is 19.9. The number of rotatable bonds is 8. The molecule has 112 valence electrons. The summed E-state index contributed by atoms with van der Waals surface area (Å²) in [5.41, 5.74) is 1.51. The van der Waals surface area contributed by atoms with E-state index >= 15 is 0 Å². The van der Waals surface area contributed by atoms with E-state index in [1.165, 1.54) is 54.9 Å². The SMILES string of the molecule is ICCCCCCCCc1ccc[cH-]1.[Fe+2].c1cc[cH-]c1. The minimum Gasteiger partial charge on any atom is -0.214 e. The van der Waals surface area contributed by atoms with Crippen LogP contribution in [0.1, 0.15) is 44.1 Å². The van der Waals surface area contributed by atoms with E-state index in [2.05, 4.69) is 46.9 Å². The van der Waals surface area contributed by atoms with Gasteiger partial charge in [0.1, 0.15) is 0 Å². The third-order valence-corrected chi connectivity index (χ3v) is 3.90. The molecule has 0 unspecified atom stereocenters. The summed E-state index contributed by atoms with van der Waals surface area (Å²) in [6.45, 7) is 0. The van der Waals surface area contributed by atoms with Crippen LogP contribution >= 0.6 is 22.6 Å². The van der Waals surface area contributed by atoms with Gasteiger partial charge in [0.15, 0.2) is 0 Å². The molecule has 0 radical (unpaired) electrons. The summed E-state index contributed by atoms with van der Waals surface area (Å²) >= 11 is 2.46. The maximum absolute atomic E-state index is 2.46. The van der Waals surface area contributed by atoms with E-state index in [9.17, 15) is 0 Å². The molecule has 0 amide bonds. The summed E-state index contributed by atoms with van der Waals surface area (Å²) in [4.78, 5) is 0. The Morgan fingerprint density at radius 2 is 1.45 bits per heavy atom. The molecule has 0 N–H and O–H groups in total. The van der Waals surface area contributed by atoms with E-state index in [0.717, 1.165) is 0 Å². The van der Waals surface area contributed by atoms with Gasteiger partial charge >= 0.3 is 17.1 Å². The second-order valence-corrected chi connectivity index (χ2v) is 5.89. The number of unbranched alkanes of at least 4 members (excludes halogenated alkanes) is 5. The van der Waals surface area contributed by atoms with Gasteiger partial charge in [-0.1, -0.05) is 61.1 Å². The molecule has 20 heavy (non-hydrogen) atoms. The van der Waals surface area contributed by atoms with Crippen molar-refractivity contribution >= 4 is 22.6 Å². The molecule has 0 saturated heterocycles. The van der Waals surface area contributed by atoms with Gasteiger partial charge in [0.25, 0.3) is 0 Å². The van der Waals surface area contributed by atoms with Gasteiger partial charge in [0.05, 0.1) is 0 Å². The third kappa shape index (κ3) is 11.7. The Morgan fingerprint density at radius 1 is 0.800 bits per heavy atom. The first-order chi connectivity index (χ1) is 9.43. The van der Waals surface area contributed by atoms with Crippen LogP contribution < -0.4 is 0 Å². The predicted octanol–water partition coefficient (Wildman–Crippen LogP) is 6.13. The van der Waals surface area contributed by atoms with Gasteiger partial charge in [-0.15, -0.1) is 0 Å². The van der Waals surface area contributed by atoms with Crippen LogP contribution in [0.2, 0.25) is 0 Å². The first-order valence-corrected chi connectivity index (χ1v) is 8.89. The molecule has 0 aromatic heterocycles. The van der Waals surface area contributed by atoms with E-state index in [1.54, 1.807) is 0 Å². The molecule has 0 saturated carbocycles. The smallest absolute Gasteiger partial charge is 0.214 e.